The molecule has 1 heterocycles. The molecule has 0 spiro atoms. The number of hydrogen-bond acceptors (Lipinski definition) is 5. The van der Waals surface area contributed by atoms with Crippen molar-refractivity contribution < 1.29 is 23.7 Å². The maximum absolute atomic E-state index is 11.8. The predicted octanol–water partition coefficient (Wildman–Crippen LogP) is 3.18. The van der Waals surface area contributed by atoms with Crippen LogP contribution in [0.4, 0.5) is 0 Å². The molecule has 118 valence electrons. The molecule has 0 aromatic heterocycles. The van der Waals surface area contributed by atoms with E-state index in [-0.39, 0.29) is 13.4 Å². The number of esters is 1. The zero-order valence-electron chi connectivity index (χ0n) is 12.7. The summed E-state index contributed by atoms with van der Waals surface area (Å²) in [5.74, 6) is 1.66. The molecule has 0 radical (unpaired) electrons. The molecule has 0 N–H and O–H groups in total. The lowest BCUT2D eigenvalue weighted by Gasteiger charge is -2.07. The number of para-hydroxylation sites is 1. The van der Waals surface area contributed by atoms with Gasteiger partial charge in [0.25, 0.3) is 0 Å². The fourth-order valence-corrected chi connectivity index (χ4v) is 2.20. The topological polar surface area (TPSA) is 54.0 Å². The molecule has 5 nitrogen and oxygen atoms in total. The van der Waals surface area contributed by atoms with Crippen molar-refractivity contribution in [2.24, 2.45) is 0 Å². The molecule has 0 saturated carbocycles. The van der Waals surface area contributed by atoms with Gasteiger partial charge in [0.15, 0.2) is 11.5 Å². The minimum atomic E-state index is -0.423. The van der Waals surface area contributed by atoms with Gasteiger partial charge in [0.1, 0.15) is 12.4 Å². The van der Waals surface area contributed by atoms with Crippen LogP contribution in [0.1, 0.15) is 11.1 Å². The average Bonchev–Trinajstić information content (AvgIpc) is 3.06. The fraction of sp³-hybridized carbons (Fsp3) is 0.167. The molecule has 0 amide bonds. The summed E-state index contributed by atoms with van der Waals surface area (Å²) >= 11 is 0. The number of ether oxygens (including phenoxy) is 4. The number of carbonyl (C=O) groups is 1. The normalized spacial score (nSPS) is 12.4. The molecule has 0 atom stereocenters. The molecule has 3 rings (SSSR count). The Morgan fingerprint density at radius 3 is 2.87 bits per heavy atom. The largest absolute Gasteiger partial charge is 0.496 e. The van der Waals surface area contributed by atoms with Crippen molar-refractivity contribution in [2.45, 2.75) is 6.61 Å². The van der Waals surface area contributed by atoms with Gasteiger partial charge in [-0.1, -0.05) is 24.3 Å². The van der Waals surface area contributed by atoms with Gasteiger partial charge in [0, 0.05) is 11.6 Å². The Bertz CT molecular complexity index is 736. The summed E-state index contributed by atoms with van der Waals surface area (Å²) in [7, 11) is 1.58. The number of carbonyl (C=O) groups excluding carboxylic acids is 1. The molecule has 0 unspecified atom stereocenters. The number of methoxy groups -OCH3 is 1. The molecule has 2 aromatic carbocycles. The predicted molar refractivity (Wildman–Crippen MR) is 84.4 cm³/mol. The average molecular weight is 312 g/mol. The molecule has 1 aliphatic rings. The zero-order valence-corrected chi connectivity index (χ0v) is 12.7. The van der Waals surface area contributed by atoms with Gasteiger partial charge in [0.05, 0.1) is 7.11 Å². The van der Waals surface area contributed by atoms with Gasteiger partial charge < -0.3 is 18.9 Å². The molecule has 0 aliphatic carbocycles. The van der Waals surface area contributed by atoms with Crippen molar-refractivity contribution in [3.8, 4) is 17.2 Å². The minimum Gasteiger partial charge on any atom is -0.496 e. The standard InChI is InChI=1S/C18H16O5/c1-20-15-5-3-2-4-14(15)11-21-18(19)9-7-13-6-8-16-17(10-13)23-12-22-16/h2-10H,11-12H2,1H3/b9-7+. The Labute approximate surface area is 134 Å². The molecular formula is C18H16O5. The molecule has 0 fully saturated rings. The summed E-state index contributed by atoms with van der Waals surface area (Å²) in [5, 5.41) is 0. The van der Waals surface area contributed by atoms with Crippen LogP contribution >= 0.6 is 0 Å². The van der Waals surface area contributed by atoms with Crippen molar-refractivity contribution >= 4 is 12.0 Å². The van der Waals surface area contributed by atoms with Crippen LogP contribution in [0.25, 0.3) is 6.08 Å². The summed E-state index contributed by atoms with van der Waals surface area (Å²) in [6.07, 6.45) is 3.06. The van der Waals surface area contributed by atoms with Crippen LogP contribution < -0.4 is 14.2 Å². The summed E-state index contributed by atoms with van der Waals surface area (Å²) in [4.78, 5) is 11.8. The lowest BCUT2D eigenvalue weighted by atomic mass is 10.2. The third kappa shape index (κ3) is 3.63. The van der Waals surface area contributed by atoms with Crippen LogP contribution in [-0.2, 0) is 16.1 Å². The molecule has 0 bridgehead atoms. The fourth-order valence-electron chi connectivity index (χ4n) is 2.20. The SMILES string of the molecule is COc1ccccc1COC(=O)/C=C/c1ccc2c(c1)OCO2. The van der Waals surface area contributed by atoms with Crippen molar-refractivity contribution in [2.75, 3.05) is 13.9 Å². The first-order valence-corrected chi connectivity index (χ1v) is 7.12. The van der Waals surface area contributed by atoms with E-state index in [2.05, 4.69) is 0 Å². The van der Waals surface area contributed by atoms with Gasteiger partial charge in [-0.3, -0.25) is 0 Å². The quantitative estimate of drug-likeness (QED) is 0.627. The molecule has 2 aromatic rings. The van der Waals surface area contributed by atoms with E-state index in [4.69, 9.17) is 18.9 Å². The zero-order chi connectivity index (χ0) is 16.1. The van der Waals surface area contributed by atoms with Crippen molar-refractivity contribution in [3.05, 3.63) is 59.7 Å². The highest BCUT2D eigenvalue weighted by Gasteiger charge is 2.12. The van der Waals surface area contributed by atoms with Crippen molar-refractivity contribution in [1.82, 2.24) is 0 Å². The Kier molecular flexibility index (Phi) is 4.47. The van der Waals surface area contributed by atoms with E-state index in [1.165, 1.54) is 6.08 Å². The number of fused-ring (bicyclic) bond motifs is 1. The Morgan fingerprint density at radius 2 is 2.00 bits per heavy atom. The Hall–Kier alpha value is -2.95. The van der Waals surface area contributed by atoms with E-state index >= 15 is 0 Å². The Morgan fingerprint density at radius 1 is 1.17 bits per heavy atom. The van der Waals surface area contributed by atoms with Crippen LogP contribution in [0.3, 0.4) is 0 Å². The third-order valence-corrected chi connectivity index (χ3v) is 3.37. The maximum Gasteiger partial charge on any atom is 0.331 e. The highest BCUT2D eigenvalue weighted by atomic mass is 16.7. The molecule has 0 saturated heterocycles. The second-order valence-corrected chi connectivity index (χ2v) is 4.87. The van der Waals surface area contributed by atoms with Crippen LogP contribution in [-0.4, -0.2) is 19.9 Å². The second-order valence-electron chi connectivity index (χ2n) is 4.87. The van der Waals surface area contributed by atoms with Gasteiger partial charge in [-0.25, -0.2) is 4.79 Å². The van der Waals surface area contributed by atoms with E-state index < -0.39 is 5.97 Å². The Balaban J connectivity index is 1.59. The molecular weight excluding hydrogens is 296 g/mol. The van der Waals surface area contributed by atoms with E-state index in [0.29, 0.717) is 17.2 Å². The second kappa shape index (κ2) is 6.87. The van der Waals surface area contributed by atoms with Crippen LogP contribution in [0, 0.1) is 0 Å². The van der Waals surface area contributed by atoms with Gasteiger partial charge in [0.2, 0.25) is 6.79 Å². The van der Waals surface area contributed by atoms with Crippen LogP contribution in [0.2, 0.25) is 0 Å². The molecule has 23 heavy (non-hydrogen) atoms. The first-order valence-electron chi connectivity index (χ1n) is 7.12. The summed E-state index contributed by atoms with van der Waals surface area (Å²) < 4.78 is 21.0. The smallest absolute Gasteiger partial charge is 0.331 e. The minimum absolute atomic E-state index is 0.161. The summed E-state index contributed by atoms with van der Waals surface area (Å²) in [6.45, 7) is 0.387. The lowest BCUT2D eigenvalue weighted by molar-refractivity contribution is -0.138. The molecule has 1 aliphatic heterocycles. The maximum atomic E-state index is 11.8. The van der Waals surface area contributed by atoms with E-state index in [0.717, 1.165) is 11.1 Å². The van der Waals surface area contributed by atoms with Crippen LogP contribution in [0.5, 0.6) is 17.2 Å². The van der Waals surface area contributed by atoms with Crippen molar-refractivity contribution in [1.29, 1.82) is 0 Å². The first-order chi connectivity index (χ1) is 11.3. The van der Waals surface area contributed by atoms with Gasteiger partial charge in [-0.05, 0) is 29.8 Å². The summed E-state index contributed by atoms with van der Waals surface area (Å²) in [6, 6.07) is 12.9. The van der Waals surface area contributed by atoms with E-state index in [9.17, 15) is 4.79 Å². The van der Waals surface area contributed by atoms with E-state index in [1.54, 1.807) is 13.2 Å². The number of benzene rings is 2. The van der Waals surface area contributed by atoms with Gasteiger partial charge in [-0.2, -0.15) is 0 Å². The van der Waals surface area contributed by atoms with Gasteiger partial charge in [-0.15, -0.1) is 0 Å². The van der Waals surface area contributed by atoms with Crippen molar-refractivity contribution in [3.63, 3.8) is 0 Å². The third-order valence-electron chi connectivity index (χ3n) is 3.37. The summed E-state index contributed by atoms with van der Waals surface area (Å²) in [5.41, 5.74) is 1.66. The lowest BCUT2D eigenvalue weighted by Crippen LogP contribution is -2.02. The highest BCUT2D eigenvalue weighted by molar-refractivity contribution is 5.87. The number of rotatable bonds is 5. The number of hydrogen-bond donors (Lipinski definition) is 0. The molecule has 5 heteroatoms. The highest BCUT2D eigenvalue weighted by Crippen LogP contribution is 2.32. The first kappa shape index (κ1) is 15.0. The monoisotopic (exact) mass is 312 g/mol. The van der Waals surface area contributed by atoms with E-state index in [1.807, 2.05) is 42.5 Å². The van der Waals surface area contributed by atoms with Crippen LogP contribution in [0.15, 0.2) is 48.5 Å². The van der Waals surface area contributed by atoms with Gasteiger partial charge >= 0.3 is 5.97 Å².